The molecule has 0 aliphatic heterocycles. The maximum atomic E-state index is 5.63. The van der Waals surface area contributed by atoms with Gasteiger partial charge in [-0.15, -0.1) is 0 Å². The van der Waals surface area contributed by atoms with Crippen LogP contribution < -0.4 is 5.73 Å². The quantitative estimate of drug-likeness (QED) is 0.640. The number of hydrogen-bond acceptors (Lipinski definition) is 3. The summed E-state index contributed by atoms with van der Waals surface area (Å²) in [6.07, 6.45) is 4.10. The van der Waals surface area contributed by atoms with Crippen molar-refractivity contribution in [2.45, 2.75) is 45.3 Å². The summed E-state index contributed by atoms with van der Waals surface area (Å²) in [5.74, 6) is 0. The van der Waals surface area contributed by atoms with E-state index in [0.717, 1.165) is 32.2 Å². The van der Waals surface area contributed by atoms with Crippen molar-refractivity contribution in [2.75, 3.05) is 26.2 Å². The Morgan fingerprint density at radius 1 is 1.43 bits per heavy atom. The summed E-state index contributed by atoms with van der Waals surface area (Å²) in [6.45, 7) is 7.99. The van der Waals surface area contributed by atoms with Crippen LogP contribution >= 0.6 is 0 Å². The second-order valence-electron chi connectivity index (χ2n) is 3.96. The average molecular weight is 200 g/mol. The molecule has 0 saturated heterocycles. The fraction of sp³-hybridized carbons (Fsp3) is 1.00. The molecule has 1 aliphatic rings. The first-order valence-electron chi connectivity index (χ1n) is 5.87. The fourth-order valence-corrected chi connectivity index (χ4v) is 1.85. The van der Waals surface area contributed by atoms with Crippen LogP contribution in [-0.4, -0.2) is 43.3 Å². The van der Waals surface area contributed by atoms with Gasteiger partial charge in [0, 0.05) is 25.7 Å². The highest BCUT2D eigenvalue weighted by Gasteiger charge is 2.27. The zero-order chi connectivity index (χ0) is 10.4. The molecule has 3 nitrogen and oxygen atoms in total. The minimum atomic E-state index is 0.257. The molecule has 0 aromatic rings. The van der Waals surface area contributed by atoms with Gasteiger partial charge in [0.1, 0.15) is 0 Å². The molecule has 84 valence electrons. The number of nitrogens with two attached hydrogens (primary N) is 1. The van der Waals surface area contributed by atoms with Crippen LogP contribution in [0.1, 0.15) is 33.1 Å². The Kier molecular flexibility index (Phi) is 5.45. The van der Waals surface area contributed by atoms with E-state index in [1.165, 1.54) is 12.8 Å². The third-order valence-corrected chi connectivity index (χ3v) is 2.87. The molecule has 0 heterocycles. The monoisotopic (exact) mass is 200 g/mol. The smallest absolute Gasteiger partial charge is 0.0709 e. The molecule has 14 heavy (non-hydrogen) atoms. The van der Waals surface area contributed by atoms with Crippen molar-refractivity contribution in [3.63, 3.8) is 0 Å². The molecule has 0 aromatic heterocycles. The molecule has 1 aliphatic carbocycles. The maximum absolute atomic E-state index is 5.63. The lowest BCUT2D eigenvalue weighted by atomic mass is 10.2. The third-order valence-electron chi connectivity index (χ3n) is 2.87. The number of nitrogens with zero attached hydrogens (tertiary/aromatic N) is 1. The molecule has 0 aromatic carbocycles. The lowest BCUT2D eigenvalue weighted by Crippen LogP contribution is -2.32. The Morgan fingerprint density at radius 2 is 2.14 bits per heavy atom. The van der Waals surface area contributed by atoms with Crippen LogP contribution in [0.4, 0.5) is 0 Å². The maximum Gasteiger partial charge on any atom is 0.0709 e. The van der Waals surface area contributed by atoms with Crippen LogP contribution in [0.5, 0.6) is 0 Å². The fourth-order valence-electron chi connectivity index (χ4n) is 1.85. The van der Waals surface area contributed by atoms with Gasteiger partial charge in [0.2, 0.25) is 0 Å². The van der Waals surface area contributed by atoms with Gasteiger partial charge in [-0.05, 0) is 32.7 Å². The Hall–Kier alpha value is -0.120. The third kappa shape index (κ3) is 3.95. The molecule has 0 radical (unpaired) electrons. The summed E-state index contributed by atoms with van der Waals surface area (Å²) in [7, 11) is 0. The van der Waals surface area contributed by atoms with Crippen LogP contribution in [0.3, 0.4) is 0 Å². The van der Waals surface area contributed by atoms with Crippen molar-refractivity contribution < 1.29 is 4.74 Å². The molecular formula is C11H24N2O. The van der Waals surface area contributed by atoms with Crippen LogP contribution in [0.15, 0.2) is 0 Å². The minimum Gasteiger partial charge on any atom is -0.377 e. The van der Waals surface area contributed by atoms with E-state index in [-0.39, 0.29) is 6.10 Å². The van der Waals surface area contributed by atoms with E-state index in [0.29, 0.717) is 6.54 Å². The average Bonchev–Trinajstić information content (AvgIpc) is 3.01. The van der Waals surface area contributed by atoms with Gasteiger partial charge >= 0.3 is 0 Å². The highest BCUT2D eigenvalue weighted by molar-refractivity contribution is 4.84. The first-order valence-corrected chi connectivity index (χ1v) is 5.87. The SMILES string of the molecule is CCOC(CN)CCN(CC)C1CC1. The zero-order valence-corrected chi connectivity index (χ0v) is 9.54. The molecule has 0 bridgehead atoms. The molecule has 1 rings (SSSR count). The highest BCUT2D eigenvalue weighted by Crippen LogP contribution is 2.26. The number of rotatable bonds is 8. The van der Waals surface area contributed by atoms with E-state index in [2.05, 4.69) is 11.8 Å². The largest absolute Gasteiger partial charge is 0.377 e. The van der Waals surface area contributed by atoms with Crippen LogP contribution in [0.2, 0.25) is 0 Å². The summed E-state index contributed by atoms with van der Waals surface area (Å²) in [5, 5.41) is 0. The van der Waals surface area contributed by atoms with Gasteiger partial charge in [-0.2, -0.15) is 0 Å². The first kappa shape index (κ1) is 12.0. The molecule has 1 fully saturated rings. The molecule has 1 saturated carbocycles. The normalized spacial score (nSPS) is 18.9. The Labute approximate surface area is 87.6 Å². The van der Waals surface area contributed by atoms with Gasteiger partial charge in [0.25, 0.3) is 0 Å². The lowest BCUT2D eigenvalue weighted by Gasteiger charge is -2.22. The predicted molar refractivity (Wildman–Crippen MR) is 59.4 cm³/mol. The van der Waals surface area contributed by atoms with Gasteiger partial charge in [-0.25, -0.2) is 0 Å². The molecular weight excluding hydrogens is 176 g/mol. The van der Waals surface area contributed by atoms with Crippen molar-refractivity contribution in [1.82, 2.24) is 4.90 Å². The Morgan fingerprint density at radius 3 is 2.57 bits per heavy atom. The number of hydrogen-bond donors (Lipinski definition) is 1. The first-order chi connectivity index (χ1) is 6.81. The van der Waals surface area contributed by atoms with Gasteiger partial charge in [-0.1, -0.05) is 6.92 Å². The molecule has 1 unspecified atom stereocenters. The number of ether oxygens (including phenoxy) is 1. The van der Waals surface area contributed by atoms with Crippen molar-refractivity contribution >= 4 is 0 Å². The van der Waals surface area contributed by atoms with Crippen molar-refractivity contribution in [3.05, 3.63) is 0 Å². The summed E-state index contributed by atoms with van der Waals surface area (Å²) < 4.78 is 5.53. The molecule has 2 N–H and O–H groups in total. The van der Waals surface area contributed by atoms with Gasteiger partial charge < -0.3 is 15.4 Å². The van der Waals surface area contributed by atoms with E-state index in [9.17, 15) is 0 Å². The van der Waals surface area contributed by atoms with Crippen molar-refractivity contribution in [3.8, 4) is 0 Å². The minimum absolute atomic E-state index is 0.257. The predicted octanol–water partition coefficient (Wildman–Crippen LogP) is 1.22. The topological polar surface area (TPSA) is 38.5 Å². The Balaban J connectivity index is 2.14. The van der Waals surface area contributed by atoms with E-state index >= 15 is 0 Å². The lowest BCUT2D eigenvalue weighted by molar-refractivity contribution is 0.0541. The molecule has 0 spiro atoms. The van der Waals surface area contributed by atoms with Gasteiger partial charge in [0.15, 0.2) is 0 Å². The van der Waals surface area contributed by atoms with Gasteiger partial charge in [0.05, 0.1) is 6.10 Å². The van der Waals surface area contributed by atoms with E-state index in [4.69, 9.17) is 10.5 Å². The second kappa shape index (κ2) is 6.38. The Bertz CT molecular complexity index is 148. The standard InChI is InChI=1S/C11H24N2O/c1-3-13(10-5-6-10)8-7-11(9-12)14-4-2/h10-11H,3-9,12H2,1-2H3. The van der Waals surface area contributed by atoms with Crippen LogP contribution in [0.25, 0.3) is 0 Å². The molecule has 0 amide bonds. The second-order valence-corrected chi connectivity index (χ2v) is 3.96. The van der Waals surface area contributed by atoms with Gasteiger partial charge in [-0.3, -0.25) is 0 Å². The summed E-state index contributed by atoms with van der Waals surface area (Å²) >= 11 is 0. The zero-order valence-electron chi connectivity index (χ0n) is 9.54. The summed E-state index contributed by atoms with van der Waals surface area (Å²) in [6, 6.07) is 0.861. The summed E-state index contributed by atoms with van der Waals surface area (Å²) in [4.78, 5) is 2.54. The van der Waals surface area contributed by atoms with Crippen molar-refractivity contribution in [1.29, 1.82) is 0 Å². The van der Waals surface area contributed by atoms with Crippen molar-refractivity contribution in [2.24, 2.45) is 5.73 Å². The highest BCUT2D eigenvalue weighted by atomic mass is 16.5. The molecule has 3 heteroatoms. The van der Waals surface area contributed by atoms with Crippen LogP contribution in [-0.2, 0) is 4.74 Å². The van der Waals surface area contributed by atoms with Crippen LogP contribution in [0, 0.1) is 0 Å². The van der Waals surface area contributed by atoms with E-state index in [1.54, 1.807) is 0 Å². The van der Waals surface area contributed by atoms with E-state index in [1.807, 2.05) is 6.92 Å². The van der Waals surface area contributed by atoms with E-state index < -0.39 is 0 Å². The molecule has 1 atom stereocenters. The summed E-state index contributed by atoms with van der Waals surface area (Å²) in [5.41, 5.74) is 5.63.